The van der Waals surface area contributed by atoms with Gasteiger partial charge in [-0.05, 0) is 54.4 Å². The van der Waals surface area contributed by atoms with E-state index in [1.807, 2.05) is 30.3 Å². The summed E-state index contributed by atoms with van der Waals surface area (Å²) in [6.07, 6.45) is 4.23. The quantitative estimate of drug-likeness (QED) is 0.707. The zero-order valence-corrected chi connectivity index (χ0v) is 17.0. The van der Waals surface area contributed by atoms with Crippen LogP contribution < -0.4 is 10.6 Å². The Balaban J connectivity index is 1.86. The van der Waals surface area contributed by atoms with Gasteiger partial charge >= 0.3 is 5.97 Å². The van der Waals surface area contributed by atoms with Crippen LogP contribution in [-0.2, 0) is 16.0 Å². The molecule has 154 valence electrons. The lowest BCUT2D eigenvalue weighted by molar-refractivity contribution is -0.137. The van der Waals surface area contributed by atoms with E-state index in [2.05, 4.69) is 30.0 Å². The first-order valence-corrected chi connectivity index (χ1v) is 10.4. The van der Waals surface area contributed by atoms with Gasteiger partial charge in [0.25, 0.3) is 0 Å². The molecular formula is C24H30N2O3. The van der Waals surface area contributed by atoms with Crippen molar-refractivity contribution in [2.24, 2.45) is 5.73 Å². The minimum Gasteiger partial charge on any atom is -0.481 e. The topological polar surface area (TPSA) is 83.6 Å². The largest absolute Gasteiger partial charge is 0.481 e. The van der Waals surface area contributed by atoms with Crippen molar-refractivity contribution in [2.45, 2.75) is 50.9 Å². The van der Waals surface area contributed by atoms with E-state index in [0.717, 1.165) is 29.8 Å². The zero-order chi connectivity index (χ0) is 20.8. The predicted molar refractivity (Wildman–Crippen MR) is 115 cm³/mol. The van der Waals surface area contributed by atoms with Crippen molar-refractivity contribution in [1.82, 2.24) is 0 Å². The average Bonchev–Trinajstić information content (AvgIpc) is 2.73. The molecule has 0 aromatic heterocycles. The average molecular weight is 395 g/mol. The van der Waals surface area contributed by atoms with Crippen LogP contribution in [0.4, 0.5) is 5.69 Å². The molecule has 2 atom stereocenters. The molecule has 1 saturated heterocycles. The van der Waals surface area contributed by atoms with Gasteiger partial charge < -0.3 is 15.7 Å². The maximum absolute atomic E-state index is 12.4. The molecule has 29 heavy (non-hydrogen) atoms. The van der Waals surface area contributed by atoms with Crippen molar-refractivity contribution in [1.29, 1.82) is 0 Å². The number of nitrogens with two attached hydrogens (primary N) is 1. The van der Waals surface area contributed by atoms with Crippen LogP contribution >= 0.6 is 0 Å². The summed E-state index contributed by atoms with van der Waals surface area (Å²) in [5, 5.41) is 8.86. The fourth-order valence-electron chi connectivity index (χ4n) is 4.32. The molecule has 0 saturated carbocycles. The lowest BCUT2D eigenvalue weighted by Gasteiger charge is -2.33. The summed E-state index contributed by atoms with van der Waals surface area (Å²) in [6, 6.07) is 15.9. The van der Waals surface area contributed by atoms with Gasteiger partial charge in [-0.25, -0.2) is 0 Å². The predicted octanol–water partition coefficient (Wildman–Crippen LogP) is 4.07. The van der Waals surface area contributed by atoms with Crippen molar-refractivity contribution in [3.05, 3.63) is 65.2 Å². The number of carboxylic acid groups (broad SMARTS) is 1. The van der Waals surface area contributed by atoms with Crippen molar-refractivity contribution in [3.63, 3.8) is 0 Å². The molecule has 3 rings (SSSR count). The number of rotatable bonds is 8. The number of aliphatic carboxylic acids is 1. The molecule has 2 unspecified atom stereocenters. The van der Waals surface area contributed by atoms with E-state index in [4.69, 9.17) is 10.8 Å². The molecule has 0 bridgehead atoms. The number of carboxylic acids is 1. The van der Waals surface area contributed by atoms with Crippen molar-refractivity contribution in [2.75, 3.05) is 18.0 Å². The summed E-state index contributed by atoms with van der Waals surface area (Å²) < 4.78 is 0. The fourth-order valence-corrected chi connectivity index (χ4v) is 4.32. The smallest absolute Gasteiger partial charge is 0.303 e. The van der Waals surface area contributed by atoms with Crippen LogP contribution in [0.2, 0.25) is 0 Å². The number of amides is 1. The molecule has 1 fully saturated rings. The highest BCUT2D eigenvalue weighted by molar-refractivity contribution is 5.83. The third-order valence-corrected chi connectivity index (χ3v) is 5.90. The maximum Gasteiger partial charge on any atom is 0.303 e. The molecule has 2 aromatic carbocycles. The minimum absolute atomic E-state index is 0.0597. The number of hydrogen-bond acceptors (Lipinski definition) is 3. The first kappa shape index (κ1) is 20.9. The molecule has 1 aliphatic rings. The van der Waals surface area contributed by atoms with Gasteiger partial charge in [-0.3, -0.25) is 9.59 Å². The number of hydrogen-bond donors (Lipinski definition) is 2. The van der Waals surface area contributed by atoms with Crippen LogP contribution in [0.1, 0.15) is 61.1 Å². The molecule has 0 radical (unpaired) electrons. The molecule has 0 aliphatic carbocycles. The summed E-state index contributed by atoms with van der Waals surface area (Å²) in [5.41, 5.74) is 10.0. The van der Waals surface area contributed by atoms with Gasteiger partial charge in [-0.2, -0.15) is 0 Å². The van der Waals surface area contributed by atoms with Gasteiger partial charge in [0, 0.05) is 25.2 Å². The van der Waals surface area contributed by atoms with E-state index in [-0.39, 0.29) is 18.2 Å². The van der Waals surface area contributed by atoms with Gasteiger partial charge in [-0.15, -0.1) is 0 Å². The van der Waals surface area contributed by atoms with E-state index < -0.39 is 11.9 Å². The Morgan fingerprint density at radius 1 is 1.03 bits per heavy atom. The molecule has 0 spiro atoms. The lowest BCUT2D eigenvalue weighted by atomic mass is 9.81. The van der Waals surface area contributed by atoms with Gasteiger partial charge in [0.1, 0.15) is 0 Å². The summed E-state index contributed by atoms with van der Waals surface area (Å²) in [6.45, 7) is 4.16. The van der Waals surface area contributed by atoms with Crippen molar-refractivity contribution in [3.8, 4) is 0 Å². The highest BCUT2D eigenvalue weighted by atomic mass is 16.4. The van der Waals surface area contributed by atoms with Crippen LogP contribution in [0, 0.1) is 0 Å². The van der Waals surface area contributed by atoms with Crippen LogP contribution in [0.3, 0.4) is 0 Å². The fraction of sp³-hybridized carbons (Fsp3) is 0.417. The number of aryl methyl sites for hydroxylation is 1. The number of para-hydroxylation sites is 1. The van der Waals surface area contributed by atoms with Crippen LogP contribution in [0.5, 0.6) is 0 Å². The molecular weight excluding hydrogens is 364 g/mol. The van der Waals surface area contributed by atoms with Crippen molar-refractivity contribution >= 4 is 17.6 Å². The standard InChI is InChI=1S/C24H30N2O3/c1-17(20-7-3-4-8-21(20)26-15-5-2-6-16-26)23(24(25)29)19-12-9-18(10-13-19)11-14-22(27)28/h3-4,7-10,12-13,17,23H,2,5-6,11,14-16H2,1H3,(H2,25,29)(H,27,28). The van der Waals surface area contributed by atoms with Gasteiger partial charge in [0.15, 0.2) is 0 Å². The zero-order valence-electron chi connectivity index (χ0n) is 17.0. The second-order valence-corrected chi connectivity index (χ2v) is 7.91. The van der Waals surface area contributed by atoms with E-state index in [0.29, 0.717) is 6.42 Å². The number of anilines is 1. The maximum atomic E-state index is 12.4. The Hall–Kier alpha value is -2.82. The summed E-state index contributed by atoms with van der Waals surface area (Å²) in [7, 11) is 0. The van der Waals surface area contributed by atoms with Gasteiger partial charge in [-0.1, -0.05) is 49.4 Å². The Morgan fingerprint density at radius 2 is 1.69 bits per heavy atom. The second kappa shape index (κ2) is 9.59. The monoisotopic (exact) mass is 394 g/mol. The first-order chi connectivity index (χ1) is 14.0. The van der Waals surface area contributed by atoms with Crippen LogP contribution in [-0.4, -0.2) is 30.1 Å². The van der Waals surface area contributed by atoms with E-state index in [1.54, 1.807) is 0 Å². The van der Waals surface area contributed by atoms with Gasteiger partial charge in [0.05, 0.1) is 5.92 Å². The number of nitrogens with zero attached hydrogens (tertiary/aromatic N) is 1. The molecule has 2 aromatic rings. The normalized spacial score (nSPS) is 16.2. The molecule has 1 heterocycles. The van der Waals surface area contributed by atoms with Crippen LogP contribution in [0.15, 0.2) is 48.5 Å². The molecule has 5 heteroatoms. The Bertz CT molecular complexity index is 841. The number of carbonyl (C=O) groups is 2. The van der Waals surface area contributed by atoms with E-state index in [9.17, 15) is 9.59 Å². The Morgan fingerprint density at radius 3 is 2.31 bits per heavy atom. The number of benzene rings is 2. The highest BCUT2D eigenvalue weighted by Gasteiger charge is 2.29. The second-order valence-electron chi connectivity index (χ2n) is 7.91. The Labute approximate surface area is 172 Å². The third-order valence-electron chi connectivity index (χ3n) is 5.90. The van der Waals surface area contributed by atoms with Gasteiger partial charge in [0.2, 0.25) is 5.91 Å². The lowest BCUT2D eigenvalue weighted by Crippen LogP contribution is -2.32. The molecule has 5 nitrogen and oxygen atoms in total. The van der Waals surface area contributed by atoms with E-state index in [1.165, 1.54) is 24.9 Å². The minimum atomic E-state index is -0.813. The third kappa shape index (κ3) is 5.17. The summed E-state index contributed by atoms with van der Waals surface area (Å²) in [4.78, 5) is 25.6. The van der Waals surface area contributed by atoms with Crippen molar-refractivity contribution < 1.29 is 14.7 Å². The molecule has 1 amide bonds. The number of carbonyl (C=O) groups excluding carboxylic acids is 1. The summed E-state index contributed by atoms with van der Waals surface area (Å²) in [5.74, 6) is -1.65. The highest BCUT2D eigenvalue weighted by Crippen LogP contribution is 2.38. The summed E-state index contributed by atoms with van der Waals surface area (Å²) >= 11 is 0. The van der Waals surface area contributed by atoms with E-state index >= 15 is 0 Å². The molecule has 3 N–H and O–H groups in total. The molecule has 1 aliphatic heterocycles. The first-order valence-electron chi connectivity index (χ1n) is 10.4. The SMILES string of the molecule is CC(c1ccccc1N1CCCCC1)C(C(N)=O)c1ccc(CCC(=O)O)cc1. The number of primary amides is 1. The van der Waals surface area contributed by atoms with Crippen LogP contribution in [0.25, 0.3) is 0 Å². The number of piperidine rings is 1. The Kier molecular flexibility index (Phi) is 6.91.